The van der Waals surface area contributed by atoms with Crippen molar-refractivity contribution >= 4 is 16.7 Å². The summed E-state index contributed by atoms with van der Waals surface area (Å²) in [4.78, 5) is 15.2. The summed E-state index contributed by atoms with van der Waals surface area (Å²) in [5.74, 6) is 0.207. The molecule has 4 heteroatoms. The van der Waals surface area contributed by atoms with Gasteiger partial charge in [0.15, 0.2) is 6.54 Å². The molecular weight excluding hydrogens is 322 g/mol. The molecule has 0 radical (unpaired) electrons. The zero-order chi connectivity index (χ0) is 18.4. The largest absolute Gasteiger partial charge is 0.349 e. The molecule has 2 aromatic carbocycles. The second-order valence-corrected chi connectivity index (χ2v) is 7.75. The summed E-state index contributed by atoms with van der Waals surface area (Å²) in [7, 11) is 0. The summed E-state index contributed by atoms with van der Waals surface area (Å²) in [6.07, 6.45) is 2.18. The fourth-order valence-corrected chi connectivity index (χ4v) is 4.08. The first kappa shape index (κ1) is 18.9. The Labute approximate surface area is 157 Å². The number of carbonyl (C=O) groups is 1. The van der Waals surface area contributed by atoms with Crippen LogP contribution in [0.2, 0.25) is 0 Å². The molecule has 0 spiro atoms. The van der Waals surface area contributed by atoms with Gasteiger partial charge in [0.25, 0.3) is 5.91 Å². The van der Waals surface area contributed by atoms with Crippen molar-refractivity contribution in [2.45, 2.75) is 39.3 Å². The predicted molar refractivity (Wildman–Crippen MR) is 106 cm³/mol. The van der Waals surface area contributed by atoms with Crippen LogP contribution in [0.5, 0.6) is 0 Å². The summed E-state index contributed by atoms with van der Waals surface area (Å²) in [5, 5.41) is 5.83. The molecule has 1 heterocycles. The van der Waals surface area contributed by atoms with Crippen molar-refractivity contribution in [3.05, 3.63) is 48.0 Å². The number of benzene rings is 2. The van der Waals surface area contributed by atoms with E-state index in [4.69, 9.17) is 0 Å². The van der Waals surface area contributed by atoms with E-state index in [1.165, 1.54) is 21.2 Å². The molecule has 3 N–H and O–H groups in total. The van der Waals surface area contributed by atoms with Crippen LogP contribution in [0.1, 0.15) is 32.3 Å². The van der Waals surface area contributed by atoms with Crippen LogP contribution in [0.3, 0.4) is 0 Å². The molecular formula is C22H33N3O+2. The van der Waals surface area contributed by atoms with Gasteiger partial charge < -0.3 is 15.1 Å². The summed E-state index contributed by atoms with van der Waals surface area (Å²) in [5.41, 5.74) is 1.44. The minimum absolute atomic E-state index is 0.207. The fraction of sp³-hybridized carbons (Fsp3) is 0.500. The second kappa shape index (κ2) is 9.15. The van der Waals surface area contributed by atoms with Crippen molar-refractivity contribution in [2.24, 2.45) is 0 Å². The van der Waals surface area contributed by atoms with Gasteiger partial charge in [0.2, 0.25) is 0 Å². The molecule has 1 aliphatic rings. The maximum absolute atomic E-state index is 12.2. The summed E-state index contributed by atoms with van der Waals surface area (Å²) in [6.45, 7) is 10.4. The average Bonchev–Trinajstić information content (AvgIpc) is 2.64. The molecule has 0 aliphatic carbocycles. The number of hydrogen-bond acceptors (Lipinski definition) is 1. The van der Waals surface area contributed by atoms with E-state index in [0.717, 1.165) is 45.6 Å². The highest BCUT2D eigenvalue weighted by Crippen LogP contribution is 2.17. The summed E-state index contributed by atoms with van der Waals surface area (Å²) < 4.78 is 0. The number of rotatable bonds is 7. The molecule has 0 bridgehead atoms. The van der Waals surface area contributed by atoms with E-state index in [0.29, 0.717) is 12.6 Å². The second-order valence-electron chi connectivity index (χ2n) is 7.75. The molecule has 3 rings (SSSR count). The number of amides is 1. The highest BCUT2D eigenvalue weighted by molar-refractivity contribution is 5.85. The van der Waals surface area contributed by atoms with E-state index >= 15 is 0 Å². The number of carbonyl (C=O) groups excluding carboxylic acids is 1. The molecule has 0 aromatic heterocycles. The standard InChI is InChI=1S/C22H31N3O/c1-3-7-18(2)23-22(26)17-25-14-12-24(13-15-25)16-20-10-6-9-19-8-4-5-11-21(19)20/h4-6,8-11,18H,3,7,12-17H2,1-2H3,(H,23,26)/p+2/t18-/m1/s1. The quantitative estimate of drug-likeness (QED) is 0.662. The summed E-state index contributed by atoms with van der Waals surface area (Å²) in [6, 6.07) is 15.6. The Bertz CT molecular complexity index is 717. The van der Waals surface area contributed by atoms with Crippen LogP contribution in [-0.2, 0) is 11.3 Å². The zero-order valence-electron chi connectivity index (χ0n) is 16.2. The molecule has 26 heavy (non-hydrogen) atoms. The molecule has 4 nitrogen and oxygen atoms in total. The van der Waals surface area contributed by atoms with Gasteiger partial charge in [0.05, 0.1) is 0 Å². The fourth-order valence-electron chi connectivity index (χ4n) is 4.08. The van der Waals surface area contributed by atoms with Crippen molar-refractivity contribution in [1.29, 1.82) is 0 Å². The van der Waals surface area contributed by atoms with Crippen LogP contribution in [0.4, 0.5) is 0 Å². The molecule has 1 aliphatic heterocycles. The Hall–Kier alpha value is -1.91. The third kappa shape index (κ3) is 5.05. The number of piperazine rings is 1. The van der Waals surface area contributed by atoms with Crippen molar-refractivity contribution in [1.82, 2.24) is 5.32 Å². The Morgan fingerprint density at radius 1 is 1.04 bits per heavy atom. The van der Waals surface area contributed by atoms with Crippen molar-refractivity contribution in [3.63, 3.8) is 0 Å². The van der Waals surface area contributed by atoms with Crippen LogP contribution < -0.4 is 15.1 Å². The van der Waals surface area contributed by atoms with Gasteiger partial charge in [-0.15, -0.1) is 0 Å². The van der Waals surface area contributed by atoms with E-state index in [1.54, 1.807) is 4.90 Å². The number of nitrogens with one attached hydrogen (secondary N) is 3. The van der Waals surface area contributed by atoms with E-state index in [1.807, 2.05) is 0 Å². The number of hydrogen-bond donors (Lipinski definition) is 3. The summed E-state index contributed by atoms with van der Waals surface area (Å²) >= 11 is 0. The van der Waals surface area contributed by atoms with Gasteiger partial charge in [-0.2, -0.15) is 0 Å². The van der Waals surface area contributed by atoms with Gasteiger partial charge in [-0.3, -0.25) is 4.79 Å². The van der Waals surface area contributed by atoms with Gasteiger partial charge in [0.1, 0.15) is 32.7 Å². The Kier molecular flexibility index (Phi) is 6.64. The first-order valence-electron chi connectivity index (χ1n) is 10.1. The normalized spacial score (nSPS) is 21.5. The van der Waals surface area contributed by atoms with Crippen molar-refractivity contribution in [2.75, 3.05) is 32.7 Å². The lowest BCUT2D eigenvalue weighted by atomic mass is 10.0. The topological polar surface area (TPSA) is 38.0 Å². The maximum Gasteiger partial charge on any atom is 0.275 e. The minimum atomic E-state index is 0.207. The van der Waals surface area contributed by atoms with Gasteiger partial charge >= 0.3 is 0 Å². The van der Waals surface area contributed by atoms with E-state index in [-0.39, 0.29) is 5.91 Å². The zero-order valence-corrected chi connectivity index (χ0v) is 16.2. The molecule has 1 saturated heterocycles. The van der Waals surface area contributed by atoms with Crippen molar-refractivity contribution in [3.8, 4) is 0 Å². The third-order valence-corrected chi connectivity index (χ3v) is 5.52. The highest BCUT2D eigenvalue weighted by atomic mass is 16.2. The van der Waals surface area contributed by atoms with Crippen LogP contribution in [-0.4, -0.2) is 44.7 Å². The Balaban J connectivity index is 1.49. The average molecular weight is 356 g/mol. The number of quaternary nitrogens is 2. The van der Waals surface area contributed by atoms with Crippen LogP contribution in [0.25, 0.3) is 10.8 Å². The third-order valence-electron chi connectivity index (χ3n) is 5.52. The van der Waals surface area contributed by atoms with Crippen LogP contribution >= 0.6 is 0 Å². The number of fused-ring (bicyclic) bond motifs is 1. The first-order valence-corrected chi connectivity index (χ1v) is 10.1. The molecule has 140 valence electrons. The van der Waals surface area contributed by atoms with Crippen LogP contribution in [0.15, 0.2) is 42.5 Å². The molecule has 0 saturated carbocycles. The van der Waals surface area contributed by atoms with E-state index in [2.05, 4.69) is 61.6 Å². The molecule has 2 aromatic rings. The van der Waals surface area contributed by atoms with Gasteiger partial charge in [-0.05, 0) is 24.1 Å². The monoisotopic (exact) mass is 355 g/mol. The SMILES string of the molecule is CCC[C@@H](C)NC(=O)C[NH+]1CC[NH+](Cc2cccc3ccccc23)CC1. The molecule has 1 fully saturated rings. The first-order chi connectivity index (χ1) is 12.7. The predicted octanol–water partition coefficient (Wildman–Crippen LogP) is 0.428. The van der Waals surface area contributed by atoms with E-state index in [9.17, 15) is 4.79 Å². The van der Waals surface area contributed by atoms with E-state index < -0.39 is 0 Å². The highest BCUT2D eigenvalue weighted by Gasteiger charge is 2.25. The molecule has 0 unspecified atom stereocenters. The van der Waals surface area contributed by atoms with Gasteiger partial charge in [-0.25, -0.2) is 0 Å². The lowest BCUT2D eigenvalue weighted by Crippen LogP contribution is -3.28. The molecule has 1 atom stereocenters. The molecule has 1 amide bonds. The van der Waals surface area contributed by atoms with Crippen LogP contribution in [0, 0.1) is 0 Å². The smallest absolute Gasteiger partial charge is 0.275 e. The Morgan fingerprint density at radius 3 is 2.50 bits per heavy atom. The lowest BCUT2D eigenvalue weighted by Gasteiger charge is -2.30. The Morgan fingerprint density at radius 2 is 1.73 bits per heavy atom. The lowest BCUT2D eigenvalue weighted by molar-refractivity contribution is -1.02. The minimum Gasteiger partial charge on any atom is -0.349 e. The maximum atomic E-state index is 12.2. The van der Waals surface area contributed by atoms with Gasteiger partial charge in [0, 0.05) is 11.6 Å². The van der Waals surface area contributed by atoms with Crippen molar-refractivity contribution < 1.29 is 14.6 Å². The van der Waals surface area contributed by atoms with Gasteiger partial charge in [-0.1, -0.05) is 55.8 Å².